The summed E-state index contributed by atoms with van der Waals surface area (Å²) in [4.78, 5) is 41.6. The Morgan fingerprint density at radius 3 is 2.20 bits per heavy atom. The molecule has 30 heavy (non-hydrogen) atoms. The van der Waals surface area contributed by atoms with Crippen LogP contribution >= 0.6 is 0 Å². The summed E-state index contributed by atoms with van der Waals surface area (Å²) in [6.45, 7) is 5.16. The summed E-state index contributed by atoms with van der Waals surface area (Å²) in [6, 6.07) is 17.6. The molecule has 0 aliphatic carbocycles. The van der Waals surface area contributed by atoms with Crippen molar-refractivity contribution in [1.82, 2.24) is 9.55 Å². The van der Waals surface area contributed by atoms with Gasteiger partial charge in [-0.25, -0.2) is 0 Å². The highest BCUT2D eigenvalue weighted by Crippen LogP contribution is 2.18. The maximum absolute atomic E-state index is 12.6. The van der Waals surface area contributed by atoms with Gasteiger partial charge in [-0.1, -0.05) is 48.5 Å². The van der Waals surface area contributed by atoms with Gasteiger partial charge in [0.15, 0.2) is 0 Å². The zero-order chi connectivity index (χ0) is 21.7. The van der Waals surface area contributed by atoms with E-state index in [-0.39, 0.29) is 12.2 Å². The van der Waals surface area contributed by atoms with Crippen LogP contribution in [-0.4, -0.2) is 27.0 Å². The van der Waals surface area contributed by atoms with Gasteiger partial charge in [-0.2, -0.15) is 4.98 Å². The molecule has 0 saturated carbocycles. The van der Waals surface area contributed by atoms with Crippen molar-refractivity contribution < 1.29 is 14.3 Å². The molecule has 0 fully saturated rings. The lowest BCUT2D eigenvalue weighted by atomic mass is 10.2. The van der Waals surface area contributed by atoms with Crippen LogP contribution in [-0.2, 0) is 16.1 Å². The summed E-state index contributed by atoms with van der Waals surface area (Å²) >= 11 is 0. The first-order valence-electron chi connectivity index (χ1n) is 9.48. The van der Waals surface area contributed by atoms with E-state index in [1.807, 2.05) is 18.2 Å². The predicted octanol–water partition coefficient (Wildman–Crippen LogP) is 3.50. The zero-order valence-corrected chi connectivity index (χ0v) is 17.1. The molecule has 1 N–H and O–H groups in total. The molecule has 0 saturated heterocycles. The first-order chi connectivity index (χ1) is 14.2. The largest absolute Gasteiger partial charge is 0.459 e. The average molecular weight is 405 g/mol. The van der Waals surface area contributed by atoms with Gasteiger partial charge in [-0.3, -0.25) is 14.4 Å². The number of ether oxygens (including phenoxy) is 1. The minimum Gasteiger partial charge on any atom is -0.459 e. The number of nitrogens with one attached hydrogen (secondary N) is 1. The van der Waals surface area contributed by atoms with Crippen molar-refractivity contribution in [3.63, 3.8) is 0 Å². The molecule has 1 aromatic heterocycles. The Hall–Kier alpha value is -3.74. The Bertz CT molecular complexity index is 1100. The predicted molar refractivity (Wildman–Crippen MR) is 114 cm³/mol. The average Bonchev–Trinajstić information content (AvgIpc) is 2.70. The van der Waals surface area contributed by atoms with Gasteiger partial charge >= 0.3 is 5.97 Å². The quantitative estimate of drug-likeness (QED) is 0.656. The van der Waals surface area contributed by atoms with Gasteiger partial charge in [0.25, 0.3) is 11.5 Å². The Kier molecular flexibility index (Phi) is 6.11. The smallest absolute Gasteiger partial charge is 0.326 e. The molecule has 7 heteroatoms. The SMILES string of the molecule is CC(C)(C)OC(=O)Cn1cc(NC(=O)c2ccccc2)c(=O)nc1-c1ccccc1. The third kappa shape index (κ3) is 5.41. The summed E-state index contributed by atoms with van der Waals surface area (Å²) in [5.74, 6) is -0.611. The molecule has 3 aromatic rings. The number of aromatic nitrogens is 2. The molecular weight excluding hydrogens is 382 g/mol. The van der Waals surface area contributed by atoms with Crippen LogP contribution in [0.15, 0.2) is 71.7 Å². The van der Waals surface area contributed by atoms with Crippen molar-refractivity contribution in [3.05, 3.63) is 82.8 Å². The highest BCUT2D eigenvalue weighted by Gasteiger charge is 2.19. The summed E-state index contributed by atoms with van der Waals surface area (Å²) in [5, 5.41) is 2.58. The van der Waals surface area contributed by atoms with E-state index in [1.54, 1.807) is 63.2 Å². The van der Waals surface area contributed by atoms with Gasteiger partial charge in [0.1, 0.15) is 23.7 Å². The molecule has 7 nitrogen and oxygen atoms in total. The Balaban J connectivity index is 1.98. The van der Waals surface area contributed by atoms with Crippen molar-refractivity contribution in [1.29, 1.82) is 0 Å². The van der Waals surface area contributed by atoms with E-state index in [4.69, 9.17) is 4.74 Å². The van der Waals surface area contributed by atoms with Crippen LogP contribution in [0.3, 0.4) is 0 Å². The molecule has 0 aliphatic rings. The van der Waals surface area contributed by atoms with Crippen molar-refractivity contribution in [2.45, 2.75) is 32.9 Å². The summed E-state index contributed by atoms with van der Waals surface area (Å²) in [6.07, 6.45) is 1.42. The summed E-state index contributed by atoms with van der Waals surface area (Å²) in [5.41, 5.74) is -0.201. The van der Waals surface area contributed by atoms with Gasteiger partial charge in [-0.05, 0) is 32.9 Å². The second-order valence-electron chi connectivity index (χ2n) is 7.68. The van der Waals surface area contributed by atoms with Gasteiger partial charge in [0.2, 0.25) is 0 Å². The van der Waals surface area contributed by atoms with Gasteiger partial charge in [0, 0.05) is 17.3 Å². The van der Waals surface area contributed by atoms with E-state index in [9.17, 15) is 14.4 Å². The van der Waals surface area contributed by atoms with E-state index in [2.05, 4.69) is 10.3 Å². The zero-order valence-electron chi connectivity index (χ0n) is 17.1. The number of carbonyl (C=O) groups is 2. The first-order valence-corrected chi connectivity index (χ1v) is 9.48. The number of carbonyl (C=O) groups excluding carboxylic acids is 2. The second-order valence-corrected chi connectivity index (χ2v) is 7.68. The third-order valence-corrected chi connectivity index (χ3v) is 4.03. The lowest BCUT2D eigenvalue weighted by Crippen LogP contribution is -2.29. The standard InChI is InChI=1S/C23H23N3O4/c1-23(2,3)30-19(27)15-26-14-18(24-21(28)17-12-8-5-9-13-17)22(29)25-20(26)16-10-6-4-7-11-16/h4-14H,15H2,1-3H3,(H,24,28). The van der Waals surface area contributed by atoms with Crippen LogP contribution in [0.2, 0.25) is 0 Å². The first kappa shape index (κ1) is 21.0. The van der Waals surface area contributed by atoms with E-state index in [0.717, 1.165) is 0 Å². The molecule has 0 aliphatic heterocycles. The Morgan fingerprint density at radius 1 is 1.00 bits per heavy atom. The molecule has 1 amide bonds. The summed E-state index contributed by atoms with van der Waals surface area (Å²) < 4.78 is 6.91. The van der Waals surface area contributed by atoms with Crippen LogP contribution < -0.4 is 10.9 Å². The van der Waals surface area contributed by atoms with Crippen LogP contribution in [0, 0.1) is 0 Å². The van der Waals surface area contributed by atoms with Crippen LogP contribution in [0.1, 0.15) is 31.1 Å². The lowest BCUT2D eigenvalue weighted by Gasteiger charge is -2.21. The van der Waals surface area contributed by atoms with Crippen molar-refractivity contribution >= 4 is 17.6 Å². The van der Waals surface area contributed by atoms with Crippen LogP contribution in [0.4, 0.5) is 5.69 Å². The maximum Gasteiger partial charge on any atom is 0.326 e. The number of anilines is 1. The maximum atomic E-state index is 12.6. The molecular formula is C23H23N3O4. The van der Waals surface area contributed by atoms with Gasteiger partial charge in [-0.15, -0.1) is 0 Å². The van der Waals surface area contributed by atoms with Crippen LogP contribution in [0.25, 0.3) is 11.4 Å². The van der Waals surface area contributed by atoms with Crippen molar-refractivity contribution in [3.8, 4) is 11.4 Å². The van der Waals surface area contributed by atoms with Gasteiger partial charge < -0.3 is 14.6 Å². The molecule has 3 rings (SSSR count). The molecule has 1 heterocycles. The molecule has 0 spiro atoms. The highest BCUT2D eigenvalue weighted by molar-refractivity contribution is 6.04. The number of nitrogens with zero attached hydrogens (tertiary/aromatic N) is 2. The number of amides is 1. The number of rotatable bonds is 5. The summed E-state index contributed by atoms with van der Waals surface area (Å²) in [7, 11) is 0. The van der Waals surface area contributed by atoms with Crippen molar-refractivity contribution in [2.24, 2.45) is 0 Å². The monoisotopic (exact) mass is 405 g/mol. The number of hydrogen-bond donors (Lipinski definition) is 1. The fraction of sp³-hybridized carbons (Fsp3) is 0.217. The molecule has 0 bridgehead atoms. The molecule has 0 unspecified atom stereocenters. The second kappa shape index (κ2) is 8.73. The number of benzene rings is 2. The van der Waals surface area contributed by atoms with E-state index >= 15 is 0 Å². The number of esters is 1. The Labute approximate surface area is 174 Å². The number of hydrogen-bond acceptors (Lipinski definition) is 5. The van der Waals surface area contributed by atoms with E-state index in [1.165, 1.54) is 10.8 Å². The lowest BCUT2D eigenvalue weighted by molar-refractivity contribution is -0.155. The van der Waals surface area contributed by atoms with Crippen molar-refractivity contribution in [2.75, 3.05) is 5.32 Å². The topological polar surface area (TPSA) is 90.3 Å². The van der Waals surface area contributed by atoms with Crippen LogP contribution in [0.5, 0.6) is 0 Å². The highest BCUT2D eigenvalue weighted by atomic mass is 16.6. The molecule has 0 radical (unpaired) electrons. The van der Waals surface area contributed by atoms with Gasteiger partial charge in [0.05, 0.1) is 0 Å². The Morgan fingerprint density at radius 2 is 1.60 bits per heavy atom. The fourth-order valence-electron chi connectivity index (χ4n) is 2.81. The molecule has 154 valence electrons. The van der Waals surface area contributed by atoms with E-state index < -0.39 is 23.0 Å². The minimum atomic E-state index is -0.652. The minimum absolute atomic E-state index is 0.0212. The third-order valence-electron chi connectivity index (χ3n) is 4.03. The molecule has 0 atom stereocenters. The normalized spacial score (nSPS) is 11.0. The van der Waals surface area contributed by atoms with E-state index in [0.29, 0.717) is 17.0 Å². The molecule has 2 aromatic carbocycles. The fourth-order valence-corrected chi connectivity index (χ4v) is 2.81.